The fourth-order valence-electron chi connectivity index (χ4n) is 2.22. The van der Waals surface area contributed by atoms with E-state index in [0.717, 1.165) is 18.4 Å². The molecule has 0 bridgehead atoms. The molecule has 0 radical (unpaired) electrons. The van der Waals surface area contributed by atoms with Crippen LogP contribution in [0, 0.1) is 0 Å². The van der Waals surface area contributed by atoms with E-state index in [-0.39, 0.29) is 19.2 Å². The Labute approximate surface area is 121 Å². The normalized spacial score (nSPS) is 14.7. The lowest BCUT2D eigenvalue weighted by molar-refractivity contribution is -0.141. The molecule has 0 saturated heterocycles. The highest BCUT2D eigenvalue weighted by Crippen LogP contribution is 2.29. The summed E-state index contributed by atoms with van der Waals surface area (Å²) in [5.41, 5.74) is 1.08. The molecule has 0 amide bonds. The first-order valence-corrected chi connectivity index (χ1v) is 7.06. The predicted molar refractivity (Wildman–Crippen MR) is 80.5 cm³/mol. The summed E-state index contributed by atoms with van der Waals surface area (Å²) < 4.78 is 5.39. The van der Waals surface area contributed by atoms with Gasteiger partial charge in [-0.15, -0.1) is 0 Å². The van der Waals surface area contributed by atoms with Gasteiger partial charge in [-0.1, -0.05) is 49.8 Å². The average Bonchev–Trinajstić information content (AvgIpc) is 2.51. The van der Waals surface area contributed by atoms with Crippen LogP contribution in [-0.2, 0) is 14.9 Å². The van der Waals surface area contributed by atoms with Gasteiger partial charge in [0.2, 0.25) is 0 Å². The van der Waals surface area contributed by atoms with E-state index in [1.165, 1.54) is 0 Å². The zero-order chi connectivity index (χ0) is 15.0. The van der Waals surface area contributed by atoms with E-state index >= 15 is 0 Å². The van der Waals surface area contributed by atoms with Crippen LogP contribution in [0.2, 0.25) is 0 Å². The summed E-state index contributed by atoms with van der Waals surface area (Å²) in [6.07, 6.45) is 3.41. The van der Waals surface area contributed by atoms with Crippen molar-refractivity contribution in [3.05, 3.63) is 47.5 Å². The second-order valence-electron chi connectivity index (χ2n) is 5.10. The third-order valence-corrected chi connectivity index (χ3v) is 3.65. The number of carbonyl (C=O) groups is 1. The molecule has 0 aromatic heterocycles. The quantitative estimate of drug-likeness (QED) is 0.614. The van der Waals surface area contributed by atoms with Gasteiger partial charge in [-0.3, -0.25) is 0 Å². The number of aliphatic hydroxyl groups excluding tert-OH is 1. The van der Waals surface area contributed by atoms with Crippen molar-refractivity contribution in [1.82, 2.24) is 0 Å². The Hall–Kier alpha value is -1.61. The van der Waals surface area contributed by atoms with Crippen LogP contribution >= 0.6 is 0 Å². The van der Waals surface area contributed by atoms with Crippen molar-refractivity contribution in [2.45, 2.75) is 39.0 Å². The van der Waals surface area contributed by atoms with Gasteiger partial charge >= 0.3 is 5.97 Å². The Kier molecular flexibility index (Phi) is 6.46. The Bertz CT molecular complexity index is 451. The highest BCUT2D eigenvalue weighted by Gasteiger charge is 2.32. The molecule has 1 unspecified atom stereocenters. The van der Waals surface area contributed by atoms with Crippen LogP contribution in [0.4, 0.5) is 0 Å². The number of hydrogen-bond acceptors (Lipinski definition) is 3. The van der Waals surface area contributed by atoms with E-state index in [1.54, 1.807) is 19.9 Å². The van der Waals surface area contributed by atoms with Crippen molar-refractivity contribution in [3.63, 3.8) is 0 Å². The summed E-state index contributed by atoms with van der Waals surface area (Å²) in [6.45, 7) is 5.76. The van der Waals surface area contributed by atoms with Gasteiger partial charge in [0.05, 0.1) is 12.0 Å². The van der Waals surface area contributed by atoms with Crippen molar-refractivity contribution in [2.75, 3.05) is 13.2 Å². The molecule has 0 heterocycles. The van der Waals surface area contributed by atoms with Crippen molar-refractivity contribution in [2.24, 2.45) is 0 Å². The van der Waals surface area contributed by atoms with Crippen LogP contribution in [0.1, 0.15) is 39.2 Å². The van der Waals surface area contributed by atoms with Gasteiger partial charge in [-0.2, -0.15) is 0 Å². The first-order valence-electron chi connectivity index (χ1n) is 7.06. The van der Waals surface area contributed by atoms with Crippen molar-refractivity contribution in [3.8, 4) is 0 Å². The van der Waals surface area contributed by atoms with Crippen LogP contribution < -0.4 is 0 Å². The topological polar surface area (TPSA) is 46.5 Å². The van der Waals surface area contributed by atoms with E-state index in [2.05, 4.69) is 6.92 Å². The number of benzene rings is 1. The minimum atomic E-state index is -0.514. The first kappa shape index (κ1) is 16.4. The summed E-state index contributed by atoms with van der Waals surface area (Å²) in [6, 6.07) is 9.76. The monoisotopic (exact) mass is 276 g/mol. The van der Waals surface area contributed by atoms with Crippen molar-refractivity contribution in [1.29, 1.82) is 0 Å². The molecule has 0 spiro atoms. The second kappa shape index (κ2) is 7.85. The molecular formula is C17H24O3. The third-order valence-electron chi connectivity index (χ3n) is 3.65. The van der Waals surface area contributed by atoms with Gasteiger partial charge < -0.3 is 9.84 Å². The average molecular weight is 276 g/mol. The van der Waals surface area contributed by atoms with Crippen molar-refractivity contribution < 1.29 is 14.6 Å². The number of allylic oxidation sites excluding steroid dienone is 1. The number of esters is 1. The zero-order valence-electron chi connectivity index (χ0n) is 12.6. The fourth-order valence-corrected chi connectivity index (χ4v) is 2.22. The molecule has 20 heavy (non-hydrogen) atoms. The summed E-state index contributed by atoms with van der Waals surface area (Å²) in [5.74, 6) is -0.322. The SMILES string of the molecule is CC=C(C)C(=O)OCC(CO)(CCC)c1ccccc1. The second-order valence-corrected chi connectivity index (χ2v) is 5.10. The lowest BCUT2D eigenvalue weighted by atomic mass is 9.78. The molecule has 1 N–H and O–H groups in total. The lowest BCUT2D eigenvalue weighted by Crippen LogP contribution is -2.37. The molecule has 3 heteroatoms. The molecule has 0 aliphatic carbocycles. The van der Waals surface area contributed by atoms with Crippen LogP contribution in [0.3, 0.4) is 0 Å². The first-order chi connectivity index (χ1) is 9.59. The van der Waals surface area contributed by atoms with E-state index in [9.17, 15) is 9.90 Å². The Morgan fingerprint density at radius 1 is 1.35 bits per heavy atom. The zero-order valence-corrected chi connectivity index (χ0v) is 12.6. The Morgan fingerprint density at radius 3 is 2.50 bits per heavy atom. The molecule has 0 aliphatic heterocycles. The minimum absolute atomic E-state index is 0.0347. The molecule has 1 rings (SSSR count). The largest absolute Gasteiger partial charge is 0.461 e. The molecule has 110 valence electrons. The molecule has 1 aromatic rings. The molecule has 0 aliphatic rings. The maximum absolute atomic E-state index is 11.8. The molecule has 1 aromatic carbocycles. The standard InChI is InChI=1S/C17H24O3/c1-4-11-17(12-18,15-9-7-6-8-10-15)13-20-16(19)14(3)5-2/h5-10,18H,4,11-13H2,1-3H3. The van der Waals surface area contributed by atoms with Gasteiger partial charge in [0.25, 0.3) is 0 Å². The summed E-state index contributed by atoms with van der Waals surface area (Å²) in [4.78, 5) is 11.8. The number of rotatable bonds is 7. The van der Waals surface area contributed by atoms with Crippen LogP contribution in [0.25, 0.3) is 0 Å². The van der Waals surface area contributed by atoms with Crippen LogP contribution in [0.15, 0.2) is 42.0 Å². The molecule has 0 saturated carbocycles. The fraction of sp³-hybridized carbons (Fsp3) is 0.471. The Balaban J connectivity index is 2.92. The smallest absolute Gasteiger partial charge is 0.333 e. The number of hydrogen-bond donors (Lipinski definition) is 1. The van der Waals surface area contributed by atoms with E-state index in [1.807, 2.05) is 30.3 Å². The van der Waals surface area contributed by atoms with Gasteiger partial charge in [0.15, 0.2) is 0 Å². The lowest BCUT2D eigenvalue weighted by Gasteiger charge is -2.31. The summed E-state index contributed by atoms with van der Waals surface area (Å²) in [7, 11) is 0. The van der Waals surface area contributed by atoms with Gasteiger partial charge in [-0.05, 0) is 25.8 Å². The predicted octanol–water partition coefficient (Wildman–Crippen LogP) is 3.23. The third kappa shape index (κ3) is 3.94. The van der Waals surface area contributed by atoms with E-state index in [4.69, 9.17) is 4.74 Å². The maximum Gasteiger partial charge on any atom is 0.333 e. The molecular weight excluding hydrogens is 252 g/mol. The highest BCUT2D eigenvalue weighted by molar-refractivity contribution is 5.87. The molecule has 3 nitrogen and oxygen atoms in total. The minimum Gasteiger partial charge on any atom is -0.461 e. The van der Waals surface area contributed by atoms with E-state index in [0.29, 0.717) is 5.57 Å². The maximum atomic E-state index is 11.8. The van der Waals surface area contributed by atoms with Crippen LogP contribution in [-0.4, -0.2) is 24.3 Å². The molecule has 0 fully saturated rings. The van der Waals surface area contributed by atoms with Crippen LogP contribution in [0.5, 0.6) is 0 Å². The van der Waals surface area contributed by atoms with E-state index < -0.39 is 5.41 Å². The van der Waals surface area contributed by atoms with Gasteiger partial charge in [0, 0.05) is 5.57 Å². The number of ether oxygens (including phenoxy) is 1. The number of carbonyl (C=O) groups excluding carboxylic acids is 1. The van der Waals surface area contributed by atoms with Crippen molar-refractivity contribution >= 4 is 5.97 Å². The summed E-state index contributed by atoms with van der Waals surface area (Å²) >= 11 is 0. The summed E-state index contributed by atoms with van der Waals surface area (Å²) in [5, 5.41) is 9.86. The molecule has 1 atom stereocenters. The Morgan fingerprint density at radius 2 is 2.00 bits per heavy atom. The number of aliphatic hydroxyl groups is 1. The van der Waals surface area contributed by atoms with Gasteiger partial charge in [-0.25, -0.2) is 4.79 Å². The highest BCUT2D eigenvalue weighted by atomic mass is 16.5. The van der Waals surface area contributed by atoms with Gasteiger partial charge in [0.1, 0.15) is 6.61 Å².